The summed E-state index contributed by atoms with van der Waals surface area (Å²) in [6.07, 6.45) is 5.31. The van der Waals surface area contributed by atoms with Gasteiger partial charge in [0.1, 0.15) is 11.4 Å². The van der Waals surface area contributed by atoms with Gasteiger partial charge in [-0.05, 0) is 25.7 Å². The Kier molecular flexibility index (Phi) is 5.68. The van der Waals surface area contributed by atoms with E-state index in [0.29, 0.717) is 0 Å². The van der Waals surface area contributed by atoms with Crippen molar-refractivity contribution in [3.05, 3.63) is 0 Å². The number of rotatable bonds is 4. The molecule has 0 heterocycles. The number of ether oxygens (including phenoxy) is 2. The van der Waals surface area contributed by atoms with E-state index >= 15 is 0 Å². The van der Waals surface area contributed by atoms with Crippen LogP contribution < -0.4 is 0 Å². The molecular weight excluding hydrogens is 264 g/mol. The molecule has 1 rings (SSSR count). The first-order valence-electron chi connectivity index (χ1n) is 5.13. The molecule has 1 aliphatic rings. The molecule has 86 valence electrons. The van der Waals surface area contributed by atoms with Gasteiger partial charge in [0.15, 0.2) is 6.61 Å². The topological polar surface area (TPSA) is 52.6 Å². The third kappa shape index (κ3) is 5.16. The van der Waals surface area contributed by atoms with E-state index in [1.165, 1.54) is 6.42 Å². The summed E-state index contributed by atoms with van der Waals surface area (Å²) in [5.74, 6) is -0.896. The molecule has 0 saturated heterocycles. The van der Waals surface area contributed by atoms with Gasteiger partial charge in [0, 0.05) is 0 Å². The van der Waals surface area contributed by atoms with E-state index in [-0.39, 0.29) is 18.0 Å². The lowest BCUT2D eigenvalue weighted by Gasteiger charge is -2.21. The highest BCUT2D eigenvalue weighted by atomic mass is 79.9. The van der Waals surface area contributed by atoms with E-state index in [2.05, 4.69) is 20.7 Å². The maximum Gasteiger partial charge on any atom is 0.344 e. The fraction of sp³-hybridized carbons (Fsp3) is 0.800. The van der Waals surface area contributed by atoms with Crippen LogP contribution in [0.5, 0.6) is 0 Å². The minimum Gasteiger partial charge on any atom is -0.460 e. The van der Waals surface area contributed by atoms with Crippen LogP contribution >= 0.6 is 15.9 Å². The highest BCUT2D eigenvalue weighted by Crippen LogP contribution is 2.20. The highest BCUT2D eigenvalue weighted by Gasteiger charge is 2.18. The van der Waals surface area contributed by atoms with Crippen molar-refractivity contribution in [1.29, 1.82) is 0 Å². The fourth-order valence-electron chi connectivity index (χ4n) is 1.58. The Hall–Kier alpha value is -0.580. The van der Waals surface area contributed by atoms with E-state index in [1.807, 2.05) is 0 Å². The maximum absolute atomic E-state index is 11.2. The highest BCUT2D eigenvalue weighted by molar-refractivity contribution is 9.09. The van der Waals surface area contributed by atoms with Crippen molar-refractivity contribution < 1.29 is 19.1 Å². The van der Waals surface area contributed by atoms with Gasteiger partial charge in [-0.15, -0.1) is 0 Å². The van der Waals surface area contributed by atoms with E-state index in [1.54, 1.807) is 0 Å². The Bertz CT molecular complexity index is 223. The molecule has 0 aromatic rings. The molecule has 4 nitrogen and oxygen atoms in total. The van der Waals surface area contributed by atoms with E-state index in [0.717, 1.165) is 25.7 Å². The molecule has 0 N–H and O–H groups in total. The lowest BCUT2D eigenvalue weighted by molar-refractivity contribution is -0.162. The van der Waals surface area contributed by atoms with Crippen LogP contribution in [-0.2, 0) is 19.1 Å². The summed E-state index contributed by atoms with van der Waals surface area (Å²) < 4.78 is 9.79. The number of alkyl halides is 1. The molecule has 0 bridgehead atoms. The first kappa shape index (κ1) is 12.5. The van der Waals surface area contributed by atoms with Gasteiger partial charge in [-0.1, -0.05) is 22.4 Å². The zero-order valence-electron chi connectivity index (χ0n) is 8.54. The number of hydrogen-bond donors (Lipinski definition) is 0. The first-order chi connectivity index (χ1) is 7.22. The second-order valence-corrected chi connectivity index (χ2v) is 4.10. The molecule has 0 aliphatic heterocycles. The minimum absolute atomic E-state index is 0.0222. The van der Waals surface area contributed by atoms with Crippen molar-refractivity contribution >= 4 is 27.9 Å². The Balaban J connectivity index is 2.14. The monoisotopic (exact) mass is 278 g/mol. The summed E-state index contributed by atoms with van der Waals surface area (Å²) in [4.78, 5) is 21.9. The molecule has 1 aliphatic carbocycles. The van der Waals surface area contributed by atoms with Gasteiger partial charge in [0.2, 0.25) is 0 Å². The summed E-state index contributed by atoms with van der Waals surface area (Å²) >= 11 is 2.94. The number of carbonyl (C=O) groups excluding carboxylic acids is 2. The molecule has 0 aromatic carbocycles. The van der Waals surface area contributed by atoms with Crippen LogP contribution in [0, 0.1) is 0 Å². The van der Waals surface area contributed by atoms with Crippen molar-refractivity contribution in [3.63, 3.8) is 0 Å². The summed E-state index contributed by atoms with van der Waals surface area (Å²) in [6, 6.07) is 0. The Labute approximate surface area is 97.4 Å². The van der Waals surface area contributed by atoms with Crippen LogP contribution in [-0.4, -0.2) is 30.0 Å². The second kappa shape index (κ2) is 6.82. The van der Waals surface area contributed by atoms with Crippen LogP contribution in [0.3, 0.4) is 0 Å². The maximum atomic E-state index is 11.2. The molecule has 0 aromatic heterocycles. The van der Waals surface area contributed by atoms with Gasteiger partial charge in [-0.3, -0.25) is 4.79 Å². The summed E-state index contributed by atoms with van der Waals surface area (Å²) in [6.45, 7) is -0.277. The molecule has 0 atom stereocenters. The molecule has 1 fully saturated rings. The summed E-state index contributed by atoms with van der Waals surface area (Å²) in [5, 5.41) is 0.101. The normalized spacial score (nSPS) is 17.1. The van der Waals surface area contributed by atoms with Gasteiger partial charge < -0.3 is 9.47 Å². The van der Waals surface area contributed by atoms with Crippen LogP contribution in [0.2, 0.25) is 0 Å². The molecule has 0 radical (unpaired) electrons. The minimum atomic E-state index is -0.449. The van der Waals surface area contributed by atoms with Gasteiger partial charge >= 0.3 is 11.9 Å². The number of carbonyl (C=O) groups is 2. The van der Waals surface area contributed by atoms with Gasteiger partial charge in [-0.25, -0.2) is 4.79 Å². The smallest absolute Gasteiger partial charge is 0.344 e. The largest absolute Gasteiger partial charge is 0.460 e. The van der Waals surface area contributed by atoms with Crippen molar-refractivity contribution in [1.82, 2.24) is 0 Å². The Morgan fingerprint density at radius 3 is 2.40 bits per heavy atom. The van der Waals surface area contributed by atoms with Crippen molar-refractivity contribution in [2.45, 2.75) is 38.2 Å². The van der Waals surface area contributed by atoms with Gasteiger partial charge in [-0.2, -0.15) is 0 Å². The average Bonchev–Trinajstić information content (AvgIpc) is 2.27. The number of esters is 2. The van der Waals surface area contributed by atoms with Gasteiger partial charge in [0.25, 0.3) is 0 Å². The number of halogens is 1. The molecule has 5 heteroatoms. The zero-order valence-corrected chi connectivity index (χ0v) is 10.1. The lowest BCUT2D eigenvalue weighted by atomic mass is 9.98. The molecule has 0 unspecified atom stereocenters. The van der Waals surface area contributed by atoms with Crippen molar-refractivity contribution in [2.75, 3.05) is 11.9 Å². The van der Waals surface area contributed by atoms with Gasteiger partial charge in [0.05, 0.1) is 0 Å². The molecular formula is C10H15BrO4. The first-order valence-corrected chi connectivity index (χ1v) is 6.25. The van der Waals surface area contributed by atoms with E-state index in [4.69, 9.17) is 4.74 Å². The van der Waals surface area contributed by atoms with E-state index in [9.17, 15) is 9.59 Å². The summed E-state index contributed by atoms with van der Waals surface area (Å²) in [5.41, 5.74) is 0. The predicted octanol–water partition coefficient (Wildman–Crippen LogP) is 1.80. The third-order valence-electron chi connectivity index (χ3n) is 2.31. The van der Waals surface area contributed by atoms with Crippen LogP contribution in [0.4, 0.5) is 0 Å². The Morgan fingerprint density at radius 2 is 1.80 bits per heavy atom. The van der Waals surface area contributed by atoms with E-state index < -0.39 is 11.9 Å². The SMILES string of the molecule is O=C(CBr)OCC(=O)OC1CCCCC1. The van der Waals surface area contributed by atoms with Crippen molar-refractivity contribution in [3.8, 4) is 0 Å². The van der Waals surface area contributed by atoms with Crippen LogP contribution in [0.15, 0.2) is 0 Å². The molecule has 1 saturated carbocycles. The predicted molar refractivity (Wildman–Crippen MR) is 57.7 cm³/mol. The zero-order chi connectivity index (χ0) is 11.1. The summed E-state index contributed by atoms with van der Waals surface area (Å²) in [7, 11) is 0. The lowest BCUT2D eigenvalue weighted by Crippen LogP contribution is -2.24. The molecule has 0 spiro atoms. The molecule has 15 heavy (non-hydrogen) atoms. The Morgan fingerprint density at radius 1 is 1.13 bits per heavy atom. The molecule has 0 amide bonds. The standard InChI is InChI=1S/C10H15BrO4/c11-6-9(12)14-7-10(13)15-8-4-2-1-3-5-8/h8H,1-7H2. The number of hydrogen-bond acceptors (Lipinski definition) is 4. The second-order valence-electron chi connectivity index (χ2n) is 3.54. The fourth-order valence-corrected chi connectivity index (χ4v) is 1.74. The third-order valence-corrected chi connectivity index (χ3v) is 2.77. The average molecular weight is 279 g/mol. The van der Waals surface area contributed by atoms with Crippen LogP contribution in [0.25, 0.3) is 0 Å². The quantitative estimate of drug-likeness (QED) is 0.581. The van der Waals surface area contributed by atoms with Crippen LogP contribution in [0.1, 0.15) is 32.1 Å². The van der Waals surface area contributed by atoms with Crippen molar-refractivity contribution in [2.24, 2.45) is 0 Å².